The summed E-state index contributed by atoms with van der Waals surface area (Å²) in [6, 6.07) is 5.92. The van der Waals surface area contributed by atoms with Crippen LogP contribution in [0.4, 0.5) is 0 Å². The van der Waals surface area contributed by atoms with E-state index in [-0.39, 0.29) is 0 Å². The summed E-state index contributed by atoms with van der Waals surface area (Å²) in [5.41, 5.74) is 0. The topological polar surface area (TPSA) is 18.5 Å². The van der Waals surface area contributed by atoms with E-state index in [2.05, 4.69) is 55.2 Å². The molecule has 0 saturated carbocycles. The Morgan fingerprint density at radius 2 is 1.90 bits per heavy atom. The van der Waals surface area contributed by atoms with E-state index in [9.17, 15) is 0 Å². The standard InChI is InChI=1S/C16H29N3S/c1-13(2)17-11-15-5-6-16(20-15)12-19-9-7-14(8-10-19)18(3)4/h5-6,13-14,17H,7-12H2,1-4H3. The molecule has 0 atom stereocenters. The van der Waals surface area contributed by atoms with Gasteiger partial charge in [-0.15, -0.1) is 11.3 Å². The van der Waals surface area contributed by atoms with Gasteiger partial charge in [-0.25, -0.2) is 0 Å². The van der Waals surface area contributed by atoms with Gasteiger partial charge in [0.1, 0.15) is 0 Å². The predicted molar refractivity (Wildman–Crippen MR) is 88.3 cm³/mol. The molecule has 4 heteroatoms. The van der Waals surface area contributed by atoms with Crippen molar-refractivity contribution in [3.8, 4) is 0 Å². The van der Waals surface area contributed by atoms with Crippen molar-refractivity contribution in [3.63, 3.8) is 0 Å². The van der Waals surface area contributed by atoms with Crippen molar-refractivity contribution >= 4 is 11.3 Å². The molecule has 1 aromatic rings. The number of piperidine rings is 1. The Labute approximate surface area is 128 Å². The first-order valence-corrected chi connectivity index (χ1v) is 8.56. The molecule has 2 heterocycles. The van der Waals surface area contributed by atoms with Crippen LogP contribution in [0, 0.1) is 0 Å². The van der Waals surface area contributed by atoms with Gasteiger partial charge >= 0.3 is 0 Å². The van der Waals surface area contributed by atoms with Crippen molar-refractivity contribution in [2.24, 2.45) is 0 Å². The minimum atomic E-state index is 0.561. The molecule has 0 aliphatic carbocycles. The molecule has 0 bridgehead atoms. The highest BCUT2D eigenvalue weighted by molar-refractivity contribution is 7.11. The first kappa shape index (κ1) is 16.0. The monoisotopic (exact) mass is 295 g/mol. The quantitative estimate of drug-likeness (QED) is 0.870. The zero-order valence-electron chi connectivity index (χ0n) is 13.4. The Morgan fingerprint density at radius 3 is 2.50 bits per heavy atom. The summed E-state index contributed by atoms with van der Waals surface area (Å²) < 4.78 is 0. The zero-order valence-corrected chi connectivity index (χ0v) is 14.2. The molecule has 1 aliphatic heterocycles. The Balaban J connectivity index is 1.77. The average Bonchev–Trinajstić information content (AvgIpc) is 2.84. The molecule has 114 valence electrons. The Kier molecular flexibility index (Phi) is 6.02. The van der Waals surface area contributed by atoms with Crippen molar-refractivity contribution < 1.29 is 0 Å². The van der Waals surface area contributed by atoms with Gasteiger partial charge in [-0.1, -0.05) is 13.8 Å². The van der Waals surface area contributed by atoms with Crippen LogP contribution >= 0.6 is 11.3 Å². The summed E-state index contributed by atoms with van der Waals surface area (Å²) in [5.74, 6) is 0. The molecule has 1 aliphatic rings. The fourth-order valence-corrected chi connectivity index (χ4v) is 3.73. The fourth-order valence-electron chi connectivity index (χ4n) is 2.72. The lowest BCUT2D eigenvalue weighted by Crippen LogP contribution is -2.41. The van der Waals surface area contributed by atoms with Crippen molar-refractivity contribution in [1.82, 2.24) is 15.1 Å². The van der Waals surface area contributed by atoms with E-state index in [4.69, 9.17) is 0 Å². The van der Waals surface area contributed by atoms with Gasteiger partial charge in [0.15, 0.2) is 0 Å². The normalized spacial score (nSPS) is 18.3. The number of likely N-dealkylation sites (tertiary alicyclic amines) is 1. The SMILES string of the molecule is CC(C)NCc1ccc(CN2CCC(N(C)C)CC2)s1. The predicted octanol–water partition coefficient (Wildman–Crippen LogP) is 2.77. The summed E-state index contributed by atoms with van der Waals surface area (Å²) in [5, 5.41) is 3.49. The zero-order chi connectivity index (χ0) is 14.5. The maximum absolute atomic E-state index is 3.49. The lowest BCUT2D eigenvalue weighted by molar-refractivity contribution is 0.141. The molecule has 1 fully saturated rings. The van der Waals surface area contributed by atoms with Gasteiger partial charge in [0.25, 0.3) is 0 Å². The number of thiophene rings is 1. The fraction of sp³-hybridized carbons (Fsp3) is 0.750. The van der Waals surface area contributed by atoms with Crippen molar-refractivity contribution in [2.45, 2.75) is 51.9 Å². The minimum Gasteiger partial charge on any atom is -0.310 e. The van der Waals surface area contributed by atoms with E-state index in [0.717, 1.165) is 19.1 Å². The molecule has 3 nitrogen and oxygen atoms in total. The number of hydrogen-bond donors (Lipinski definition) is 1. The van der Waals surface area contributed by atoms with E-state index in [1.807, 2.05) is 11.3 Å². The molecule has 0 amide bonds. The van der Waals surface area contributed by atoms with Crippen molar-refractivity contribution in [2.75, 3.05) is 27.2 Å². The summed E-state index contributed by atoms with van der Waals surface area (Å²) in [7, 11) is 4.40. The van der Waals surface area contributed by atoms with Gasteiger partial charge in [-0.2, -0.15) is 0 Å². The Morgan fingerprint density at radius 1 is 1.25 bits per heavy atom. The highest BCUT2D eigenvalue weighted by Crippen LogP contribution is 2.21. The molecule has 0 aromatic carbocycles. The highest BCUT2D eigenvalue weighted by atomic mass is 32.1. The summed E-state index contributed by atoms with van der Waals surface area (Å²) in [6.07, 6.45) is 2.61. The lowest BCUT2D eigenvalue weighted by Gasteiger charge is -2.34. The van der Waals surface area contributed by atoms with Crippen molar-refractivity contribution in [3.05, 3.63) is 21.9 Å². The van der Waals surface area contributed by atoms with E-state index in [0.29, 0.717) is 6.04 Å². The second kappa shape index (κ2) is 7.55. The van der Waals surface area contributed by atoms with Crippen LogP contribution in [-0.2, 0) is 13.1 Å². The smallest absolute Gasteiger partial charge is 0.0328 e. The van der Waals surface area contributed by atoms with Gasteiger partial charge in [-0.05, 0) is 39.1 Å². The summed E-state index contributed by atoms with van der Waals surface area (Å²) in [4.78, 5) is 7.94. The van der Waals surface area contributed by atoms with E-state index >= 15 is 0 Å². The molecule has 0 radical (unpaired) electrons. The average molecular weight is 295 g/mol. The van der Waals surface area contributed by atoms with E-state index < -0.39 is 0 Å². The van der Waals surface area contributed by atoms with E-state index in [1.165, 1.54) is 35.7 Å². The van der Waals surface area contributed by atoms with Crippen LogP contribution in [0.2, 0.25) is 0 Å². The summed E-state index contributed by atoms with van der Waals surface area (Å²) >= 11 is 1.96. The first-order chi connectivity index (χ1) is 9.54. The van der Waals surface area contributed by atoms with Gasteiger partial charge in [0.05, 0.1) is 0 Å². The third-order valence-corrected chi connectivity index (χ3v) is 5.14. The second-order valence-electron chi connectivity index (χ2n) is 6.37. The molecular formula is C16H29N3S. The van der Waals surface area contributed by atoms with Gasteiger partial charge in [0, 0.05) is 48.0 Å². The minimum absolute atomic E-state index is 0.561. The molecular weight excluding hydrogens is 266 g/mol. The van der Waals surface area contributed by atoms with E-state index in [1.54, 1.807) is 0 Å². The first-order valence-electron chi connectivity index (χ1n) is 7.74. The molecule has 1 N–H and O–H groups in total. The van der Waals surface area contributed by atoms with Gasteiger partial charge in [0.2, 0.25) is 0 Å². The number of nitrogens with one attached hydrogen (secondary N) is 1. The molecule has 2 rings (SSSR count). The Hall–Kier alpha value is -0.420. The van der Waals surface area contributed by atoms with Crippen LogP contribution in [0.15, 0.2) is 12.1 Å². The largest absolute Gasteiger partial charge is 0.310 e. The number of hydrogen-bond acceptors (Lipinski definition) is 4. The molecule has 1 aromatic heterocycles. The maximum atomic E-state index is 3.49. The summed E-state index contributed by atoms with van der Waals surface area (Å²) in [6.45, 7) is 9.00. The van der Waals surface area contributed by atoms with Crippen molar-refractivity contribution in [1.29, 1.82) is 0 Å². The number of rotatable bonds is 6. The lowest BCUT2D eigenvalue weighted by atomic mass is 10.0. The Bertz CT molecular complexity index is 392. The third-order valence-electron chi connectivity index (χ3n) is 4.07. The molecule has 20 heavy (non-hydrogen) atoms. The molecule has 0 unspecified atom stereocenters. The third kappa shape index (κ3) is 4.85. The van der Waals surface area contributed by atoms with Crippen LogP contribution in [0.5, 0.6) is 0 Å². The van der Waals surface area contributed by atoms with Gasteiger partial charge in [-0.3, -0.25) is 4.90 Å². The van der Waals surface area contributed by atoms with Crippen LogP contribution in [-0.4, -0.2) is 49.1 Å². The number of nitrogens with zero attached hydrogens (tertiary/aromatic N) is 2. The molecule has 1 saturated heterocycles. The van der Waals surface area contributed by atoms with Crippen LogP contribution in [0.25, 0.3) is 0 Å². The maximum Gasteiger partial charge on any atom is 0.0328 e. The second-order valence-corrected chi connectivity index (χ2v) is 7.63. The van der Waals surface area contributed by atoms with Crippen LogP contribution < -0.4 is 5.32 Å². The van der Waals surface area contributed by atoms with Crippen LogP contribution in [0.1, 0.15) is 36.4 Å². The van der Waals surface area contributed by atoms with Gasteiger partial charge < -0.3 is 10.2 Å². The highest BCUT2D eigenvalue weighted by Gasteiger charge is 2.20. The van der Waals surface area contributed by atoms with Crippen LogP contribution in [0.3, 0.4) is 0 Å². The molecule has 0 spiro atoms.